The summed E-state index contributed by atoms with van der Waals surface area (Å²) >= 11 is 0. The summed E-state index contributed by atoms with van der Waals surface area (Å²) in [5.41, 5.74) is 0.396. The molecule has 2 heterocycles. The molecule has 1 fully saturated rings. The summed E-state index contributed by atoms with van der Waals surface area (Å²) < 4.78 is 0. The second-order valence-electron chi connectivity index (χ2n) is 4.42. The number of hydrogen-bond acceptors (Lipinski definition) is 5. The second kappa shape index (κ2) is 5.11. The summed E-state index contributed by atoms with van der Waals surface area (Å²) in [5, 5.41) is 18.3. The van der Waals surface area contributed by atoms with Crippen LogP contribution in [0.15, 0.2) is 12.3 Å². The van der Waals surface area contributed by atoms with E-state index in [0.717, 1.165) is 25.9 Å². The van der Waals surface area contributed by atoms with Crippen LogP contribution >= 0.6 is 0 Å². The molecule has 0 radical (unpaired) electrons. The van der Waals surface area contributed by atoms with Crippen molar-refractivity contribution >= 4 is 5.95 Å². The van der Waals surface area contributed by atoms with E-state index < -0.39 is 0 Å². The van der Waals surface area contributed by atoms with Gasteiger partial charge in [-0.1, -0.05) is 0 Å². The minimum Gasteiger partial charge on any atom is -0.393 e. The minimum atomic E-state index is -0.247. The van der Waals surface area contributed by atoms with Crippen LogP contribution in [0.5, 0.6) is 0 Å². The second-order valence-corrected chi connectivity index (χ2v) is 4.42. The Morgan fingerprint density at radius 3 is 2.82 bits per heavy atom. The third-order valence-electron chi connectivity index (χ3n) is 3.26. The van der Waals surface area contributed by atoms with Crippen LogP contribution in [0.25, 0.3) is 0 Å². The van der Waals surface area contributed by atoms with Crippen molar-refractivity contribution in [1.29, 1.82) is 5.26 Å². The average molecular weight is 232 g/mol. The van der Waals surface area contributed by atoms with Gasteiger partial charge >= 0.3 is 0 Å². The van der Waals surface area contributed by atoms with Crippen LogP contribution in [0.3, 0.4) is 0 Å². The van der Waals surface area contributed by atoms with Gasteiger partial charge in [0.25, 0.3) is 0 Å². The highest BCUT2D eigenvalue weighted by atomic mass is 16.3. The molecule has 0 aromatic carbocycles. The Kier molecular flexibility index (Phi) is 3.55. The lowest BCUT2D eigenvalue weighted by molar-refractivity contribution is 0.109. The number of anilines is 1. The Bertz CT molecular complexity index is 419. The maximum Gasteiger partial charge on any atom is 0.226 e. The first-order valence-corrected chi connectivity index (χ1v) is 5.87. The third-order valence-corrected chi connectivity index (χ3v) is 3.26. The maximum absolute atomic E-state index is 9.52. The summed E-state index contributed by atoms with van der Waals surface area (Å²) in [4.78, 5) is 10.4. The fourth-order valence-corrected chi connectivity index (χ4v) is 2.14. The molecular formula is C12H16N4O. The van der Waals surface area contributed by atoms with E-state index in [9.17, 15) is 5.11 Å². The molecule has 90 valence electrons. The molecule has 17 heavy (non-hydrogen) atoms. The zero-order valence-corrected chi connectivity index (χ0v) is 9.87. The molecule has 0 spiro atoms. The highest BCUT2D eigenvalue weighted by Gasteiger charge is 2.23. The number of aliphatic hydroxyl groups excluding tert-OH is 1. The van der Waals surface area contributed by atoms with E-state index >= 15 is 0 Å². The normalized spacial score (nSPS) is 18.8. The van der Waals surface area contributed by atoms with Crippen LogP contribution < -0.4 is 4.90 Å². The number of rotatable bonds is 2. The van der Waals surface area contributed by atoms with Crippen molar-refractivity contribution in [1.82, 2.24) is 9.97 Å². The van der Waals surface area contributed by atoms with E-state index in [0.29, 0.717) is 17.6 Å². The summed E-state index contributed by atoms with van der Waals surface area (Å²) in [6.45, 7) is 3.52. The monoisotopic (exact) mass is 232 g/mol. The van der Waals surface area contributed by atoms with E-state index in [1.807, 2.05) is 13.0 Å². The Balaban J connectivity index is 2.03. The van der Waals surface area contributed by atoms with Crippen LogP contribution in [0.4, 0.5) is 5.95 Å². The summed E-state index contributed by atoms with van der Waals surface area (Å²) in [6, 6.07) is 3.62. The SMILES string of the molecule is CC(O)C1CCN(c2nccc(C#N)n2)CC1. The quantitative estimate of drug-likeness (QED) is 0.821. The number of aliphatic hydroxyl groups is 1. The molecule has 1 unspecified atom stereocenters. The molecule has 1 N–H and O–H groups in total. The van der Waals surface area contributed by atoms with E-state index in [1.165, 1.54) is 0 Å². The van der Waals surface area contributed by atoms with Crippen molar-refractivity contribution in [3.63, 3.8) is 0 Å². The van der Waals surface area contributed by atoms with Crippen molar-refractivity contribution in [3.8, 4) is 6.07 Å². The predicted octanol–water partition coefficient (Wildman–Crippen LogP) is 0.945. The zero-order valence-electron chi connectivity index (χ0n) is 9.87. The van der Waals surface area contributed by atoms with Crippen LogP contribution in [0.1, 0.15) is 25.5 Å². The van der Waals surface area contributed by atoms with Crippen LogP contribution in [-0.4, -0.2) is 34.3 Å². The molecule has 0 amide bonds. The molecule has 1 aliphatic heterocycles. The van der Waals surface area contributed by atoms with Crippen molar-refractivity contribution in [3.05, 3.63) is 18.0 Å². The standard InChI is InChI=1S/C12H16N4O/c1-9(17)10-3-6-16(7-4-10)12-14-5-2-11(8-13)15-12/h2,5,9-10,17H,3-4,6-7H2,1H3. The average Bonchev–Trinajstić information content (AvgIpc) is 2.39. The lowest BCUT2D eigenvalue weighted by Gasteiger charge is -2.33. The fourth-order valence-electron chi connectivity index (χ4n) is 2.14. The molecule has 1 saturated heterocycles. The van der Waals surface area contributed by atoms with Crippen molar-refractivity contribution in [2.24, 2.45) is 5.92 Å². The van der Waals surface area contributed by atoms with Crippen LogP contribution in [-0.2, 0) is 0 Å². The fraction of sp³-hybridized carbons (Fsp3) is 0.583. The lowest BCUT2D eigenvalue weighted by atomic mass is 9.92. The first-order chi connectivity index (χ1) is 8.20. The largest absolute Gasteiger partial charge is 0.393 e. The van der Waals surface area contributed by atoms with Gasteiger partial charge in [-0.2, -0.15) is 5.26 Å². The van der Waals surface area contributed by atoms with E-state index in [1.54, 1.807) is 12.3 Å². The van der Waals surface area contributed by atoms with Crippen molar-refractivity contribution in [2.75, 3.05) is 18.0 Å². The van der Waals surface area contributed by atoms with Gasteiger partial charge in [-0.05, 0) is 31.7 Å². The molecular weight excluding hydrogens is 216 g/mol. The lowest BCUT2D eigenvalue weighted by Crippen LogP contribution is -2.38. The molecule has 0 saturated carbocycles. The summed E-state index contributed by atoms with van der Waals surface area (Å²) in [5.74, 6) is 0.985. The van der Waals surface area contributed by atoms with Crippen LogP contribution in [0, 0.1) is 17.2 Å². The smallest absolute Gasteiger partial charge is 0.226 e. The first kappa shape index (κ1) is 11.8. The van der Waals surface area contributed by atoms with Gasteiger partial charge in [0.15, 0.2) is 0 Å². The molecule has 1 aliphatic rings. The summed E-state index contributed by atoms with van der Waals surface area (Å²) in [6.07, 6.45) is 3.25. The van der Waals surface area contributed by atoms with E-state index in [2.05, 4.69) is 14.9 Å². The highest BCUT2D eigenvalue weighted by Crippen LogP contribution is 2.22. The minimum absolute atomic E-state index is 0.247. The van der Waals surface area contributed by atoms with Gasteiger partial charge in [0.2, 0.25) is 5.95 Å². The van der Waals surface area contributed by atoms with Gasteiger partial charge in [0.05, 0.1) is 6.10 Å². The Hall–Kier alpha value is -1.67. The van der Waals surface area contributed by atoms with Gasteiger partial charge in [-0.15, -0.1) is 0 Å². The van der Waals surface area contributed by atoms with E-state index in [4.69, 9.17) is 5.26 Å². The highest BCUT2D eigenvalue weighted by molar-refractivity contribution is 5.34. The molecule has 5 heteroatoms. The molecule has 0 aliphatic carbocycles. The van der Waals surface area contributed by atoms with Gasteiger partial charge in [0.1, 0.15) is 11.8 Å². The zero-order chi connectivity index (χ0) is 12.3. The summed E-state index contributed by atoms with van der Waals surface area (Å²) in [7, 11) is 0. The molecule has 2 rings (SSSR count). The number of hydrogen-bond donors (Lipinski definition) is 1. The maximum atomic E-state index is 9.52. The number of aromatic nitrogens is 2. The number of nitrogens with zero attached hydrogens (tertiary/aromatic N) is 4. The van der Waals surface area contributed by atoms with Crippen LogP contribution in [0.2, 0.25) is 0 Å². The number of piperidine rings is 1. The number of nitriles is 1. The molecule has 1 atom stereocenters. The first-order valence-electron chi connectivity index (χ1n) is 5.87. The van der Waals surface area contributed by atoms with Crippen molar-refractivity contribution < 1.29 is 5.11 Å². The van der Waals surface area contributed by atoms with Gasteiger partial charge in [0, 0.05) is 19.3 Å². The third kappa shape index (κ3) is 2.71. The Morgan fingerprint density at radius 1 is 1.53 bits per heavy atom. The molecule has 0 bridgehead atoms. The van der Waals surface area contributed by atoms with E-state index in [-0.39, 0.29) is 6.10 Å². The Morgan fingerprint density at radius 2 is 2.24 bits per heavy atom. The van der Waals surface area contributed by atoms with Gasteiger partial charge < -0.3 is 10.0 Å². The molecule has 5 nitrogen and oxygen atoms in total. The molecule has 1 aromatic rings. The Labute approximate surface area is 101 Å². The topological polar surface area (TPSA) is 73.0 Å². The molecule has 1 aromatic heterocycles. The van der Waals surface area contributed by atoms with Gasteiger partial charge in [-0.3, -0.25) is 0 Å². The van der Waals surface area contributed by atoms with Gasteiger partial charge in [-0.25, -0.2) is 9.97 Å². The predicted molar refractivity (Wildman–Crippen MR) is 63.4 cm³/mol. The van der Waals surface area contributed by atoms with Crippen molar-refractivity contribution in [2.45, 2.75) is 25.9 Å².